The van der Waals surface area contributed by atoms with Gasteiger partial charge in [-0.3, -0.25) is 4.79 Å². The maximum Gasteiger partial charge on any atom is 0.342 e. The summed E-state index contributed by atoms with van der Waals surface area (Å²) in [5, 5.41) is 18.3. The minimum atomic E-state index is -1.52. The second-order valence-corrected chi connectivity index (χ2v) is 7.81. The lowest BCUT2D eigenvalue weighted by Crippen LogP contribution is -2.30. The van der Waals surface area contributed by atoms with Gasteiger partial charge in [-0.15, -0.1) is 26.8 Å². The van der Waals surface area contributed by atoms with Crippen LogP contribution < -0.4 is 4.74 Å². The Labute approximate surface area is 178 Å². The Bertz CT molecular complexity index is 761. The Morgan fingerprint density at radius 3 is 2.53 bits per heavy atom. The van der Waals surface area contributed by atoms with E-state index in [2.05, 4.69) is 16.3 Å². The molecule has 0 spiro atoms. The van der Waals surface area contributed by atoms with Crippen molar-refractivity contribution in [1.29, 1.82) is 0 Å². The van der Waals surface area contributed by atoms with E-state index in [1.807, 2.05) is 0 Å². The van der Waals surface area contributed by atoms with E-state index in [1.165, 1.54) is 45.9 Å². The molecule has 1 rings (SSSR count). The molecule has 1 atom stereocenters. The molecule has 0 fully saturated rings. The Kier molecular flexibility index (Phi) is 11.7. The first-order valence-corrected chi connectivity index (χ1v) is 10.7. The Balaban J connectivity index is 2.64. The highest BCUT2D eigenvalue weighted by atomic mass is 33.1. The predicted octanol–water partition coefficient (Wildman–Crippen LogP) is 2.49. The number of para-hydroxylation sites is 1. The summed E-state index contributed by atoms with van der Waals surface area (Å²) in [4.78, 5) is 53.1. The van der Waals surface area contributed by atoms with Gasteiger partial charge in [-0.05, 0) is 12.1 Å². The fraction of sp³-hybridized carbons (Fsp3) is 0.375. The molecule has 12 nitrogen and oxygen atoms in total. The van der Waals surface area contributed by atoms with E-state index in [4.69, 9.17) is 9.47 Å². The number of ether oxygens (including phenoxy) is 2. The molecular formula is C16H18N2O10S2. The highest BCUT2D eigenvalue weighted by Gasteiger charge is 2.21. The first kappa shape index (κ1) is 25.0. The molecule has 0 aromatic heterocycles. The molecule has 30 heavy (non-hydrogen) atoms. The summed E-state index contributed by atoms with van der Waals surface area (Å²) < 4.78 is 10.1. The standard InChI is InChI=1S/C16H18N2O10S2/c1-2-8-29-30-9-7-15(19)27-14-6-4-3-5-13(14)16(20)25-10-12(28-18(23)24)11-26-17(21)22/h2-6,12H,1,7-11H2. The van der Waals surface area contributed by atoms with E-state index in [0.717, 1.165) is 5.75 Å². The molecule has 1 unspecified atom stereocenters. The minimum Gasteiger partial charge on any atom is -0.460 e. The number of rotatable bonds is 15. The van der Waals surface area contributed by atoms with Crippen molar-refractivity contribution in [3.8, 4) is 5.75 Å². The van der Waals surface area contributed by atoms with Gasteiger partial charge in [0.05, 0.1) is 6.42 Å². The van der Waals surface area contributed by atoms with Crippen LogP contribution in [0.4, 0.5) is 0 Å². The van der Waals surface area contributed by atoms with Crippen LogP contribution >= 0.6 is 21.6 Å². The molecule has 14 heteroatoms. The first-order valence-electron chi connectivity index (χ1n) is 8.24. The lowest BCUT2D eigenvalue weighted by Gasteiger charge is -2.15. The van der Waals surface area contributed by atoms with Crippen molar-refractivity contribution in [2.24, 2.45) is 0 Å². The maximum absolute atomic E-state index is 12.3. The third kappa shape index (κ3) is 10.5. The number of esters is 2. The summed E-state index contributed by atoms with van der Waals surface area (Å²) in [6.45, 7) is 2.06. The minimum absolute atomic E-state index is 0.0514. The molecule has 0 aliphatic carbocycles. The third-order valence-electron chi connectivity index (χ3n) is 2.99. The molecule has 0 heterocycles. The summed E-state index contributed by atoms with van der Waals surface area (Å²) in [7, 11) is 3.01. The number of nitrogens with zero attached hydrogens (tertiary/aromatic N) is 2. The van der Waals surface area contributed by atoms with Crippen LogP contribution in [-0.2, 0) is 19.2 Å². The van der Waals surface area contributed by atoms with E-state index in [-0.39, 0.29) is 17.7 Å². The number of benzene rings is 1. The molecule has 1 aromatic carbocycles. The molecule has 0 amide bonds. The predicted molar refractivity (Wildman–Crippen MR) is 107 cm³/mol. The lowest BCUT2D eigenvalue weighted by atomic mass is 10.2. The number of carbonyl (C=O) groups excluding carboxylic acids is 2. The van der Waals surface area contributed by atoms with Gasteiger partial charge in [0.1, 0.15) is 24.5 Å². The highest BCUT2D eigenvalue weighted by molar-refractivity contribution is 8.76. The van der Waals surface area contributed by atoms with Gasteiger partial charge in [-0.25, -0.2) is 4.79 Å². The number of carbonyl (C=O) groups is 2. The summed E-state index contributed by atoms with van der Waals surface area (Å²) in [6, 6.07) is 5.75. The van der Waals surface area contributed by atoms with Gasteiger partial charge in [0.2, 0.25) is 0 Å². The molecule has 0 aliphatic rings. The van der Waals surface area contributed by atoms with Crippen molar-refractivity contribution in [1.82, 2.24) is 0 Å². The van der Waals surface area contributed by atoms with Gasteiger partial charge in [-0.2, -0.15) is 0 Å². The SMILES string of the molecule is C=CCSSCCC(=O)Oc1ccccc1C(=O)OCC(CO[N+](=O)[O-])O[N+](=O)[O-]. The molecular weight excluding hydrogens is 444 g/mol. The zero-order valence-corrected chi connectivity index (χ0v) is 17.1. The van der Waals surface area contributed by atoms with Crippen LogP contribution in [0.3, 0.4) is 0 Å². The zero-order valence-electron chi connectivity index (χ0n) is 15.5. The Morgan fingerprint density at radius 2 is 1.87 bits per heavy atom. The van der Waals surface area contributed by atoms with E-state index < -0.39 is 41.4 Å². The largest absolute Gasteiger partial charge is 0.460 e. The van der Waals surface area contributed by atoms with Crippen molar-refractivity contribution in [3.63, 3.8) is 0 Å². The van der Waals surface area contributed by atoms with Crippen LogP contribution in [0.5, 0.6) is 5.75 Å². The van der Waals surface area contributed by atoms with Gasteiger partial charge in [0, 0.05) is 11.5 Å². The molecule has 0 saturated heterocycles. The van der Waals surface area contributed by atoms with Gasteiger partial charge in [0.15, 0.2) is 6.10 Å². The summed E-state index contributed by atoms with van der Waals surface area (Å²) in [6.07, 6.45) is 0.326. The van der Waals surface area contributed by atoms with Gasteiger partial charge in [-0.1, -0.05) is 39.8 Å². The first-order chi connectivity index (χ1) is 14.3. The quantitative estimate of drug-likeness (QED) is 0.0714. The van der Waals surface area contributed by atoms with Gasteiger partial charge < -0.3 is 19.1 Å². The fourth-order valence-electron chi connectivity index (χ4n) is 1.80. The molecule has 0 aliphatic heterocycles. The molecule has 1 aromatic rings. The second-order valence-electron chi connectivity index (χ2n) is 5.18. The van der Waals surface area contributed by atoms with E-state index >= 15 is 0 Å². The monoisotopic (exact) mass is 462 g/mol. The fourth-order valence-corrected chi connectivity index (χ4v) is 3.54. The highest BCUT2D eigenvalue weighted by Crippen LogP contribution is 2.23. The summed E-state index contributed by atoms with van der Waals surface area (Å²) >= 11 is 0. The smallest absolute Gasteiger partial charge is 0.342 e. The zero-order chi connectivity index (χ0) is 22.4. The number of hydrogen-bond acceptors (Lipinski definition) is 12. The Hall–Kier alpha value is -3.00. The van der Waals surface area contributed by atoms with Crippen molar-refractivity contribution >= 4 is 33.5 Å². The third-order valence-corrected chi connectivity index (χ3v) is 5.31. The van der Waals surface area contributed by atoms with Crippen LogP contribution in [0.2, 0.25) is 0 Å². The van der Waals surface area contributed by atoms with Crippen LogP contribution in [-0.4, -0.2) is 52.9 Å². The van der Waals surface area contributed by atoms with E-state index in [9.17, 15) is 29.8 Å². The van der Waals surface area contributed by atoms with E-state index in [1.54, 1.807) is 6.08 Å². The summed E-state index contributed by atoms with van der Waals surface area (Å²) in [5.74, 6) is -0.337. The molecule has 0 N–H and O–H groups in total. The van der Waals surface area contributed by atoms with Crippen molar-refractivity contribution in [2.45, 2.75) is 12.5 Å². The van der Waals surface area contributed by atoms with Crippen molar-refractivity contribution < 1.29 is 38.9 Å². The van der Waals surface area contributed by atoms with E-state index in [0.29, 0.717) is 5.75 Å². The number of hydrogen-bond donors (Lipinski definition) is 0. The topological polar surface area (TPSA) is 157 Å². The van der Waals surface area contributed by atoms with Gasteiger partial charge >= 0.3 is 11.9 Å². The average Bonchev–Trinajstić information content (AvgIpc) is 2.69. The van der Waals surface area contributed by atoms with Crippen molar-refractivity contribution in [2.75, 3.05) is 24.7 Å². The molecule has 0 bridgehead atoms. The van der Waals surface area contributed by atoms with Crippen LogP contribution in [0, 0.1) is 20.2 Å². The lowest BCUT2D eigenvalue weighted by molar-refractivity contribution is -0.790. The molecule has 164 valence electrons. The Morgan fingerprint density at radius 1 is 1.13 bits per heavy atom. The summed E-state index contributed by atoms with van der Waals surface area (Å²) in [5.41, 5.74) is -0.102. The normalized spacial score (nSPS) is 11.1. The van der Waals surface area contributed by atoms with Crippen LogP contribution in [0.15, 0.2) is 36.9 Å². The van der Waals surface area contributed by atoms with Gasteiger partial charge in [0.25, 0.3) is 10.2 Å². The average molecular weight is 462 g/mol. The molecule has 0 radical (unpaired) electrons. The maximum atomic E-state index is 12.3. The van der Waals surface area contributed by atoms with Crippen LogP contribution in [0.1, 0.15) is 16.8 Å². The second kappa shape index (κ2) is 14.1. The van der Waals surface area contributed by atoms with Crippen LogP contribution in [0.25, 0.3) is 0 Å². The van der Waals surface area contributed by atoms with Crippen molar-refractivity contribution in [3.05, 3.63) is 62.7 Å². The molecule has 0 saturated carbocycles.